The smallest absolute Gasteiger partial charge is 0.231 e. The summed E-state index contributed by atoms with van der Waals surface area (Å²) in [4.78, 5) is 2.52. The van der Waals surface area contributed by atoms with Crippen molar-refractivity contribution in [1.82, 2.24) is 4.90 Å². The molecule has 5 heteroatoms. The normalized spacial score (nSPS) is 31.4. The Labute approximate surface area is 124 Å². The fraction of sp³-hybridized carbons (Fsp3) is 0.625. The van der Waals surface area contributed by atoms with Gasteiger partial charge in [-0.3, -0.25) is 4.90 Å². The van der Waals surface area contributed by atoms with Crippen LogP contribution in [0.4, 0.5) is 0 Å². The van der Waals surface area contributed by atoms with Crippen LogP contribution in [-0.4, -0.2) is 50.2 Å². The number of fused-ring (bicyclic) bond motifs is 2. The number of methoxy groups -OCH3 is 1. The van der Waals surface area contributed by atoms with Crippen LogP contribution in [0.2, 0.25) is 0 Å². The Bertz CT molecular complexity index is 521. The van der Waals surface area contributed by atoms with Crippen LogP contribution in [-0.2, 0) is 16.0 Å². The molecule has 3 aliphatic rings. The predicted molar refractivity (Wildman–Crippen MR) is 76.5 cm³/mol. The highest BCUT2D eigenvalue weighted by Crippen LogP contribution is 2.35. The number of hydrogen-bond acceptors (Lipinski definition) is 5. The third-order valence-electron chi connectivity index (χ3n) is 4.78. The minimum absolute atomic E-state index is 0.220. The van der Waals surface area contributed by atoms with Crippen molar-refractivity contribution in [3.63, 3.8) is 0 Å². The van der Waals surface area contributed by atoms with Crippen LogP contribution in [0.3, 0.4) is 0 Å². The molecular weight excluding hydrogens is 270 g/mol. The van der Waals surface area contributed by atoms with E-state index in [2.05, 4.69) is 17.0 Å². The van der Waals surface area contributed by atoms with E-state index >= 15 is 0 Å². The molecule has 4 rings (SSSR count). The minimum atomic E-state index is 0.220. The molecule has 0 radical (unpaired) electrons. The molecule has 1 aromatic carbocycles. The quantitative estimate of drug-likeness (QED) is 0.849. The molecule has 1 saturated heterocycles. The lowest BCUT2D eigenvalue weighted by Crippen LogP contribution is -2.51. The number of ether oxygens (including phenoxy) is 4. The molecule has 1 aromatic rings. The monoisotopic (exact) mass is 291 g/mol. The van der Waals surface area contributed by atoms with Gasteiger partial charge in [-0.05, 0) is 30.5 Å². The average Bonchev–Trinajstić information content (AvgIpc) is 3.13. The second-order valence-corrected chi connectivity index (χ2v) is 5.91. The summed E-state index contributed by atoms with van der Waals surface area (Å²) in [5.41, 5.74) is 1.26. The van der Waals surface area contributed by atoms with Crippen molar-refractivity contribution < 1.29 is 18.9 Å². The highest BCUT2D eigenvalue weighted by Gasteiger charge is 2.42. The SMILES string of the molecule is CO[C@@H]1CC[C@@H]2[C@@H]1OCCN2Cc1ccc2c(c1)OCO2. The summed E-state index contributed by atoms with van der Waals surface area (Å²) >= 11 is 0. The first-order valence-electron chi connectivity index (χ1n) is 7.62. The topological polar surface area (TPSA) is 40.2 Å². The van der Waals surface area contributed by atoms with Crippen molar-refractivity contribution in [2.45, 2.75) is 37.6 Å². The van der Waals surface area contributed by atoms with E-state index in [-0.39, 0.29) is 12.2 Å². The third-order valence-corrected chi connectivity index (χ3v) is 4.78. The first kappa shape index (κ1) is 13.4. The number of benzene rings is 1. The lowest BCUT2D eigenvalue weighted by Gasteiger charge is -2.38. The van der Waals surface area contributed by atoms with Crippen molar-refractivity contribution in [3.8, 4) is 11.5 Å². The van der Waals surface area contributed by atoms with Gasteiger partial charge in [-0.25, -0.2) is 0 Å². The van der Waals surface area contributed by atoms with Crippen molar-refractivity contribution in [3.05, 3.63) is 23.8 Å². The maximum absolute atomic E-state index is 5.94. The zero-order valence-electron chi connectivity index (χ0n) is 12.3. The van der Waals surface area contributed by atoms with Gasteiger partial charge in [0.1, 0.15) is 0 Å². The van der Waals surface area contributed by atoms with Gasteiger partial charge in [0.05, 0.1) is 18.8 Å². The van der Waals surface area contributed by atoms with Gasteiger partial charge in [0.25, 0.3) is 0 Å². The molecule has 5 nitrogen and oxygen atoms in total. The van der Waals surface area contributed by atoms with E-state index in [9.17, 15) is 0 Å². The van der Waals surface area contributed by atoms with Gasteiger partial charge >= 0.3 is 0 Å². The van der Waals surface area contributed by atoms with Gasteiger partial charge in [-0.1, -0.05) is 6.07 Å². The second kappa shape index (κ2) is 5.48. The van der Waals surface area contributed by atoms with Gasteiger partial charge in [-0.2, -0.15) is 0 Å². The van der Waals surface area contributed by atoms with Crippen molar-refractivity contribution in [2.24, 2.45) is 0 Å². The van der Waals surface area contributed by atoms with Crippen LogP contribution in [0.1, 0.15) is 18.4 Å². The average molecular weight is 291 g/mol. The van der Waals surface area contributed by atoms with E-state index in [1.54, 1.807) is 7.11 Å². The lowest BCUT2D eigenvalue weighted by atomic mass is 10.1. The highest BCUT2D eigenvalue weighted by atomic mass is 16.7. The van der Waals surface area contributed by atoms with Gasteiger partial charge in [0.2, 0.25) is 6.79 Å². The molecule has 1 aliphatic carbocycles. The molecule has 2 heterocycles. The van der Waals surface area contributed by atoms with Crippen LogP contribution in [0.15, 0.2) is 18.2 Å². The summed E-state index contributed by atoms with van der Waals surface area (Å²) < 4.78 is 22.3. The minimum Gasteiger partial charge on any atom is -0.454 e. The summed E-state index contributed by atoms with van der Waals surface area (Å²) in [7, 11) is 1.78. The number of morpholine rings is 1. The maximum atomic E-state index is 5.94. The Balaban J connectivity index is 1.49. The number of hydrogen-bond donors (Lipinski definition) is 0. The zero-order valence-corrected chi connectivity index (χ0v) is 12.3. The summed E-state index contributed by atoms with van der Waals surface area (Å²) in [5, 5.41) is 0. The van der Waals surface area contributed by atoms with Crippen molar-refractivity contribution in [1.29, 1.82) is 0 Å². The summed E-state index contributed by atoms with van der Waals surface area (Å²) in [6, 6.07) is 6.69. The lowest BCUT2D eigenvalue weighted by molar-refractivity contribution is -0.106. The Morgan fingerprint density at radius 3 is 3.05 bits per heavy atom. The molecule has 0 spiro atoms. The van der Waals surface area contributed by atoms with Gasteiger partial charge < -0.3 is 18.9 Å². The van der Waals surface area contributed by atoms with Crippen LogP contribution in [0, 0.1) is 0 Å². The highest BCUT2D eigenvalue weighted by molar-refractivity contribution is 5.44. The first-order chi connectivity index (χ1) is 10.3. The van der Waals surface area contributed by atoms with Crippen molar-refractivity contribution >= 4 is 0 Å². The summed E-state index contributed by atoms with van der Waals surface area (Å²) in [5.74, 6) is 1.71. The molecule has 0 bridgehead atoms. The number of rotatable bonds is 3. The van der Waals surface area contributed by atoms with E-state index in [4.69, 9.17) is 18.9 Å². The van der Waals surface area contributed by atoms with Gasteiger partial charge in [0.15, 0.2) is 11.5 Å². The number of nitrogens with zero attached hydrogens (tertiary/aromatic N) is 1. The van der Waals surface area contributed by atoms with Gasteiger partial charge in [-0.15, -0.1) is 0 Å². The molecule has 1 saturated carbocycles. The van der Waals surface area contributed by atoms with E-state index in [0.29, 0.717) is 12.8 Å². The maximum Gasteiger partial charge on any atom is 0.231 e. The molecule has 2 aliphatic heterocycles. The fourth-order valence-electron chi connectivity index (χ4n) is 3.71. The summed E-state index contributed by atoms with van der Waals surface area (Å²) in [6.45, 7) is 3.02. The Morgan fingerprint density at radius 1 is 1.24 bits per heavy atom. The van der Waals surface area contributed by atoms with Gasteiger partial charge in [0, 0.05) is 26.2 Å². The Kier molecular flexibility index (Phi) is 3.49. The zero-order chi connectivity index (χ0) is 14.2. The second-order valence-electron chi connectivity index (χ2n) is 5.91. The molecule has 21 heavy (non-hydrogen) atoms. The predicted octanol–water partition coefficient (Wildman–Crippen LogP) is 1.79. The van der Waals surface area contributed by atoms with Crippen LogP contribution in [0.25, 0.3) is 0 Å². The molecule has 0 aromatic heterocycles. The van der Waals surface area contributed by atoms with Crippen LogP contribution >= 0.6 is 0 Å². The first-order valence-corrected chi connectivity index (χ1v) is 7.62. The summed E-state index contributed by atoms with van der Waals surface area (Å²) in [6.07, 6.45) is 2.70. The third kappa shape index (κ3) is 2.39. The molecule has 0 amide bonds. The Hall–Kier alpha value is -1.30. The molecule has 3 atom stereocenters. The standard InChI is InChI=1S/C16H21NO4/c1-18-14-5-3-12-16(14)19-7-6-17(12)9-11-2-4-13-15(8-11)21-10-20-13/h2,4,8,12,14,16H,3,5-7,9-10H2,1H3/t12-,14-,16+/m1/s1. The fourth-order valence-corrected chi connectivity index (χ4v) is 3.71. The van der Waals surface area contributed by atoms with E-state index < -0.39 is 0 Å². The largest absolute Gasteiger partial charge is 0.454 e. The molecule has 0 unspecified atom stereocenters. The molecule has 0 N–H and O–H groups in total. The molecular formula is C16H21NO4. The van der Waals surface area contributed by atoms with Crippen LogP contribution in [0.5, 0.6) is 11.5 Å². The molecule has 2 fully saturated rings. The van der Waals surface area contributed by atoms with E-state index in [1.165, 1.54) is 5.56 Å². The van der Waals surface area contributed by atoms with E-state index in [0.717, 1.165) is 44.0 Å². The molecule has 114 valence electrons. The van der Waals surface area contributed by atoms with Crippen LogP contribution < -0.4 is 9.47 Å². The van der Waals surface area contributed by atoms with Crippen molar-refractivity contribution in [2.75, 3.05) is 27.1 Å². The Morgan fingerprint density at radius 2 is 2.14 bits per heavy atom. The van der Waals surface area contributed by atoms with E-state index in [1.807, 2.05) is 6.07 Å².